The summed E-state index contributed by atoms with van der Waals surface area (Å²) in [6.07, 6.45) is 0.929. The van der Waals surface area contributed by atoms with Crippen LogP contribution in [0.5, 0.6) is 0 Å². The van der Waals surface area contributed by atoms with Crippen LogP contribution >= 0.6 is 18.5 Å². The van der Waals surface area contributed by atoms with Gasteiger partial charge in [0.1, 0.15) is 0 Å². The molecule has 0 saturated heterocycles. The minimum absolute atomic E-state index is 0.0464. The Kier molecular flexibility index (Phi) is 9.76. The van der Waals surface area contributed by atoms with Crippen molar-refractivity contribution in [3.63, 3.8) is 0 Å². The molecule has 0 bridgehead atoms. The zero-order chi connectivity index (χ0) is 10.1. The molecular weight excluding hydrogens is 201 g/mol. The molecule has 0 rings (SSSR count). The third-order valence-electron chi connectivity index (χ3n) is 1.92. The molecule has 0 aromatic heterocycles. The number of hydrogen-bond acceptors (Lipinski definition) is 3. The van der Waals surface area contributed by atoms with Crippen molar-refractivity contribution in [3.8, 4) is 0 Å². The van der Waals surface area contributed by atoms with E-state index in [2.05, 4.69) is 36.8 Å². The van der Waals surface area contributed by atoms with E-state index >= 15 is 0 Å². The molecule has 0 aliphatic rings. The van der Waals surface area contributed by atoms with E-state index in [1.807, 2.05) is 0 Å². The third kappa shape index (κ3) is 7.75. The summed E-state index contributed by atoms with van der Waals surface area (Å²) >= 11 is 2.06. The predicted molar refractivity (Wildman–Crippen MR) is 65.0 cm³/mol. The van der Waals surface area contributed by atoms with E-state index in [4.69, 9.17) is 4.74 Å². The van der Waals surface area contributed by atoms with Gasteiger partial charge in [0.2, 0.25) is 0 Å². The molecule has 0 spiro atoms. The Labute approximate surface area is 87.9 Å². The smallest absolute Gasteiger partial charge is 0.0748 e. The number of hydrogen-bond donors (Lipinski definition) is 0. The molecule has 1 unspecified atom stereocenters. The topological polar surface area (TPSA) is 12.5 Å². The summed E-state index contributed by atoms with van der Waals surface area (Å²) in [5.74, 6) is 1.24. The third-order valence-corrected chi connectivity index (χ3v) is 5.54. The molecule has 0 heterocycles. The van der Waals surface area contributed by atoms with E-state index in [0.717, 1.165) is 6.35 Å². The van der Waals surface area contributed by atoms with Crippen LogP contribution in [0.15, 0.2) is 0 Å². The maximum atomic E-state index is 5.11. The van der Waals surface area contributed by atoms with E-state index in [1.54, 1.807) is 7.11 Å². The van der Waals surface area contributed by atoms with Gasteiger partial charge in [0, 0.05) is 19.4 Å². The van der Waals surface area contributed by atoms with Crippen molar-refractivity contribution in [3.05, 3.63) is 0 Å². The van der Waals surface area contributed by atoms with Crippen molar-refractivity contribution in [2.24, 2.45) is 0 Å². The minimum Gasteiger partial charge on any atom is -0.379 e. The maximum Gasteiger partial charge on any atom is 0.0748 e. The van der Waals surface area contributed by atoms with Gasteiger partial charge in [-0.25, -0.2) is 0 Å². The lowest BCUT2D eigenvalue weighted by molar-refractivity contribution is 0.256. The second-order valence-electron chi connectivity index (χ2n) is 2.91. The van der Waals surface area contributed by atoms with Crippen molar-refractivity contribution in [1.82, 2.24) is 4.90 Å². The van der Waals surface area contributed by atoms with Crippen LogP contribution in [0.2, 0.25) is 0 Å². The highest BCUT2D eigenvalue weighted by Gasteiger charge is 2.03. The molecule has 1 atom stereocenters. The standard InChI is InChI=1S/C9H22NOPS/c1-5-10(6-2)7-8-13-12(4)9-11-3/h5-9H2,1-4H3. The highest BCUT2D eigenvalue weighted by Crippen LogP contribution is 2.45. The fraction of sp³-hybridized carbons (Fsp3) is 1.00. The lowest BCUT2D eigenvalue weighted by Crippen LogP contribution is -2.25. The van der Waals surface area contributed by atoms with Crippen LogP contribution in [-0.4, -0.2) is 50.4 Å². The first kappa shape index (κ1) is 13.7. The van der Waals surface area contributed by atoms with Crippen LogP contribution in [0.1, 0.15) is 13.8 Å². The van der Waals surface area contributed by atoms with Crippen molar-refractivity contribution in [2.75, 3.05) is 45.5 Å². The van der Waals surface area contributed by atoms with Crippen LogP contribution < -0.4 is 0 Å². The van der Waals surface area contributed by atoms with Gasteiger partial charge in [-0.15, -0.1) is 11.4 Å². The van der Waals surface area contributed by atoms with Gasteiger partial charge in [0.25, 0.3) is 0 Å². The highest BCUT2D eigenvalue weighted by atomic mass is 32.7. The number of nitrogens with zero attached hydrogens (tertiary/aromatic N) is 1. The largest absolute Gasteiger partial charge is 0.379 e. The SMILES string of the molecule is CCN(CC)CCSP(C)COC. The predicted octanol–water partition coefficient (Wildman–Crippen LogP) is 2.69. The average Bonchev–Trinajstić information content (AvgIpc) is 2.13. The summed E-state index contributed by atoms with van der Waals surface area (Å²) in [5.41, 5.74) is 0. The zero-order valence-corrected chi connectivity index (χ0v) is 11.0. The van der Waals surface area contributed by atoms with E-state index in [9.17, 15) is 0 Å². The second kappa shape index (κ2) is 9.26. The average molecular weight is 223 g/mol. The van der Waals surface area contributed by atoms with Crippen molar-refractivity contribution >= 4 is 18.5 Å². The molecule has 0 radical (unpaired) electrons. The molecule has 0 aliphatic heterocycles. The van der Waals surface area contributed by atoms with Crippen molar-refractivity contribution < 1.29 is 4.74 Å². The number of methoxy groups -OCH3 is 1. The summed E-state index contributed by atoms with van der Waals surface area (Å²) in [4.78, 5) is 2.46. The van der Waals surface area contributed by atoms with E-state index in [-0.39, 0.29) is 7.12 Å². The Bertz CT molecular complexity index is 112. The maximum absolute atomic E-state index is 5.11. The van der Waals surface area contributed by atoms with Gasteiger partial charge in [0.05, 0.1) is 6.35 Å². The molecule has 0 fully saturated rings. The number of rotatable bonds is 8. The first-order valence-corrected chi connectivity index (χ1v) is 8.36. The Morgan fingerprint density at radius 1 is 1.31 bits per heavy atom. The van der Waals surface area contributed by atoms with Gasteiger partial charge in [-0.1, -0.05) is 13.8 Å². The second-order valence-corrected chi connectivity index (χ2v) is 7.73. The van der Waals surface area contributed by atoms with Crippen molar-refractivity contribution in [2.45, 2.75) is 13.8 Å². The van der Waals surface area contributed by atoms with Gasteiger partial charge in [-0.3, -0.25) is 0 Å². The summed E-state index contributed by atoms with van der Waals surface area (Å²) in [6, 6.07) is 0. The Morgan fingerprint density at radius 3 is 2.38 bits per heavy atom. The van der Waals surface area contributed by atoms with Gasteiger partial charge in [-0.05, 0) is 26.9 Å². The summed E-state index contributed by atoms with van der Waals surface area (Å²) in [6.45, 7) is 10.3. The van der Waals surface area contributed by atoms with E-state index in [1.165, 1.54) is 25.4 Å². The van der Waals surface area contributed by atoms with Gasteiger partial charge in [-0.2, -0.15) is 0 Å². The molecule has 0 aliphatic carbocycles. The van der Waals surface area contributed by atoms with E-state index in [0.29, 0.717) is 0 Å². The lowest BCUT2D eigenvalue weighted by Gasteiger charge is -2.18. The van der Waals surface area contributed by atoms with Gasteiger partial charge in [0.15, 0.2) is 0 Å². The van der Waals surface area contributed by atoms with Gasteiger partial charge < -0.3 is 9.64 Å². The minimum atomic E-state index is 0.0464. The summed E-state index contributed by atoms with van der Waals surface area (Å²) < 4.78 is 5.11. The monoisotopic (exact) mass is 223 g/mol. The summed E-state index contributed by atoms with van der Waals surface area (Å²) in [7, 11) is 1.83. The molecule has 2 nitrogen and oxygen atoms in total. The fourth-order valence-electron chi connectivity index (χ4n) is 1.08. The Hall–Kier alpha value is 0.700. The first-order valence-electron chi connectivity index (χ1n) is 4.79. The normalized spacial score (nSPS) is 13.6. The van der Waals surface area contributed by atoms with Crippen LogP contribution in [-0.2, 0) is 4.74 Å². The van der Waals surface area contributed by atoms with Crippen LogP contribution in [0, 0.1) is 0 Å². The molecule has 0 aromatic rings. The number of ether oxygens (including phenoxy) is 1. The summed E-state index contributed by atoms with van der Waals surface area (Å²) in [5, 5.41) is 0. The zero-order valence-electron chi connectivity index (χ0n) is 9.25. The lowest BCUT2D eigenvalue weighted by atomic mass is 10.5. The molecule has 0 aromatic carbocycles. The van der Waals surface area contributed by atoms with E-state index < -0.39 is 0 Å². The van der Waals surface area contributed by atoms with Crippen LogP contribution in [0.3, 0.4) is 0 Å². The Balaban J connectivity index is 3.32. The van der Waals surface area contributed by atoms with Gasteiger partial charge >= 0.3 is 0 Å². The molecule has 0 N–H and O–H groups in total. The quantitative estimate of drug-likeness (QED) is 0.587. The fourth-order valence-corrected chi connectivity index (χ4v) is 3.89. The first-order chi connectivity index (χ1) is 6.24. The Morgan fingerprint density at radius 2 is 1.92 bits per heavy atom. The molecule has 0 saturated carbocycles. The molecule has 80 valence electrons. The van der Waals surface area contributed by atoms with Crippen molar-refractivity contribution in [1.29, 1.82) is 0 Å². The highest BCUT2D eigenvalue weighted by molar-refractivity contribution is 8.55. The van der Waals surface area contributed by atoms with Crippen LogP contribution in [0.4, 0.5) is 0 Å². The van der Waals surface area contributed by atoms with Crippen LogP contribution in [0.25, 0.3) is 0 Å². The molecule has 4 heteroatoms. The molecule has 0 amide bonds. The molecular formula is C9H22NOPS. The molecule has 13 heavy (non-hydrogen) atoms.